The monoisotopic (exact) mass is 267 g/mol. The maximum atomic E-state index is 13.8. The van der Waals surface area contributed by atoms with Crippen molar-refractivity contribution < 1.29 is 4.39 Å². The smallest absolute Gasteiger partial charge is 0.151 e. The number of fused-ring (bicyclic) bond motifs is 2. The summed E-state index contributed by atoms with van der Waals surface area (Å²) < 4.78 is 15.8. The molecule has 0 bridgehead atoms. The molecular weight excluding hydrogens is 253 g/mol. The van der Waals surface area contributed by atoms with Crippen molar-refractivity contribution in [1.82, 2.24) is 9.55 Å². The third-order valence-corrected chi connectivity index (χ3v) is 3.98. The van der Waals surface area contributed by atoms with E-state index in [1.807, 2.05) is 29.8 Å². The lowest BCUT2D eigenvalue weighted by Crippen LogP contribution is -2.11. The van der Waals surface area contributed by atoms with Crippen LogP contribution >= 0.6 is 0 Å². The van der Waals surface area contributed by atoms with Crippen LogP contribution in [0.15, 0.2) is 42.5 Å². The molecule has 1 aromatic heterocycles. The van der Waals surface area contributed by atoms with Gasteiger partial charge in [0, 0.05) is 19.2 Å². The third-order valence-electron chi connectivity index (χ3n) is 3.98. The molecule has 1 N–H and O–H groups in total. The van der Waals surface area contributed by atoms with Gasteiger partial charge in [-0.05, 0) is 23.8 Å². The van der Waals surface area contributed by atoms with E-state index in [-0.39, 0.29) is 11.9 Å². The average Bonchev–Trinajstić information content (AvgIpc) is 3.01. The maximum Gasteiger partial charge on any atom is 0.151 e. The second kappa shape index (κ2) is 4.07. The second-order valence-electron chi connectivity index (χ2n) is 5.19. The Hall–Kier alpha value is -2.36. The van der Waals surface area contributed by atoms with Gasteiger partial charge in [0.2, 0.25) is 0 Å². The Labute approximate surface area is 116 Å². The molecule has 0 radical (unpaired) electrons. The lowest BCUT2D eigenvalue weighted by atomic mass is 10.1. The summed E-state index contributed by atoms with van der Waals surface area (Å²) in [4.78, 5) is 4.50. The Morgan fingerprint density at radius 2 is 2.05 bits per heavy atom. The number of para-hydroxylation sites is 2. The summed E-state index contributed by atoms with van der Waals surface area (Å²) in [7, 11) is 1.94. The van der Waals surface area contributed by atoms with E-state index in [9.17, 15) is 4.39 Å². The van der Waals surface area contributed by atoms with E-state index in [1.54, 1.807) is 6.07 Å². The van der Waals surface area contributed by atoms with E-state index in [2.05, 4.69) is 22.4 Å². The highest BCUT2D eigenvalue weighted by atomic mass is 19.1. The van der Waals surface area contributed by atoms with Crippen molar-refractivity contribution >= 4 is 16.7 Å². The number of aromatic nitrogens is 2. The molecule has 1 unspecified atom stereocenters. The van der Waals surface area contributed by atoms with E-state index in [1.165, 1.54) is 11.6 Å². The molecule has 4 rings (SSSR count). The SMILES string of the molecule is Cn1c(C2Cc3ccccc3N2)nc2c(F)cccc21. The Balaban J connectivity index is 1.81. The third kappa shape index (κ3) is 1.54. The van der Waals surface area contributed by atoms with Gasteiger partial charge < -0.3 is 9.88 Å². The Kier molecular flexibility index (Phi) is 2.33. The van der Waals surface area contributed by atoms with Crippen LogP contribution in [-0.2, 0) is 13.5 Å². The Morgan fingerprint density at radius 1 is 1.20 bits per heavy atom. The van der Waals surface area contributed by atoms with E-state index in [0.29, 0.717) is 5.52 Å². The van der Waals surface area contributed by atoms with Crippen LogP contribution in [0.3, 0.4) is 0 Å². The zero-order valence-corrected chi connectivity index (χ0v) is 11.1. The highest BCUT2D eigenvalue weighted by Crippen LogP contribution is 2.34. The minimum atomic E-state index is -0.264. The molecule has 20 heavy (non-hydrogen) atoms. The van der Waals surface area contributed by atoms with Gasteiger partial charge in [-0.1, -0.05) is 24.3 Å². The summed E-state index contributed by atoms with van der Waals surface area (Å²) in [5.41, 5.74) is 3.70. The standard InChI is InChI=1S/C16H14FN3/c1-20-14-8-4-6-11(17)15(14)19-16(20)13-9-10-5-2-3-7-12(10)18-13/h2-8,13,18H,9H2,1H3. The number of hydrogen-bond acceptors (Lipinski definition) is 2. The van der Waals surface area contributed by atoms with Crippen molar-refractivity contribution in [3.63, 3.8) is 0 Å². The molecule has 2 aromatic carbocycles. The topological polar surface area (TPSA) is 29.9 Å². The summed E-state index contributed by atoms with van der Waals surface area (Å²) in [6.07, 6.45) is 0.884. The van der Waals surface area contributed by atoms with Gasteiger partial charge >= 0.3 is 0 Å². The molecule has 0 aliphatic carbocycles. The normalized spacial score (nSPS) is 17.2. The van der Waals surface area contributed by atoms with Crippen LogP contribution in [0.2, 0.25) is 0 Å². The van der Waals surface area contributed by atoms with Gasteiger partial charge in [0.15, 0.2) is 5.82 Å². The van der Waals surface area contributed by atoms with Gasteiger partial charge in [0.05, 0.1) is 11.6 Å². The Morgan fingerprint density at radius 3 is 2.85 bits per heavy atom. The molecule has 0 amide bonds. The number of anilines is 1. The van der Waals surface area contributed by atoms with Crippen LogP contribution in [0, 0.1) is 5.82 Å². The van der Waals surface area contributed by atoms with Crippen molar-refractivity contribution in [2.24, 2.45) is 7.05 Å². The van der Waals surface area contributed by atoms with E-state index in [4.69, 9.17) is 0 Å². The largest absolute Gasteiger partial charge is 0.375 e. The molecule has 4 heteroatoms. The highest BCUT2D eigenvalue weighted by Gasteiger charge is 2.26. The molecule has 2 heterocycles. The van der Waals surface area contributed by atoms with E-state index >= 15 is 0 Å². The molecule has 0 fully saturated rings. The number of benzene rings is 2. The highest BCUT2D eigenvalue weighted by molar-refractivity contribution is 5.77. The fourth-order valence-corrected chi connectivity index (χ4v) is 2.96. The molecule has 1 aliphatic heterocycles. The van der Waals surface area contributed by atoms with E-state index in [0.717, 1.165) is 23.4 Å². The van der Waals surface area contributed by atoms with Gasteiger partial charge in [-0.15, -0.1) is 0 Å². The predicted octanol–water partition coefficient (Wildman–Crippen LogP) is 3.42. The number of nitrogens with one attached hydrogen (secondary N) is 1. The maximum absolute atomic E-state index is 13.8. The average molecular weight is 267 g/mol. The predicted molar refractivity (Wildman–Crippen MR) is 77.2 cm³/mol. The first kappa shape index (κ1) is 11.5. The summed E-state index contributed by atoms with van der Waals surface area (Å²) in [5.74, 6) is 0.612. The molecule has 0 saturated carbocycles. The van der Waals surface area contributed by atoms with Crippen LogP contribution < -0.4 is 5.32 Å². The first-order valence-corrected chi connectivity index (χ1v) is 6.69. The summed E-state index contributed by atoms with van der Waals surface area (Å²) in [6.45, 7) is 0. The van der Waals surface area contributed by atoms with Crippen molar-refractivity contribution in [1.29, 1.82) is 0 Å². The van der Waals surface area contributed by atoms with Gasteiger partial charge in [0.1, 0.15) is 11.3 Å². The second-order valence-corrected chi connectivity index (χ2v) is 5.19. The molecule has 0 spiro atoms. The first-order chi connectivity index (χ1) is 9.74. The van der Waals surface area contributed by atoms with Gasteiger partial charge in [-0.25, -0.2) is 9.37 Å². The number of aryl methyl sites for hydroxylation is 1. The lowest BCUT2D eigenvalue weighted by Gasteiger charge is -2.11. The van der Waals surface area contributed by atoms with E-state index < -0.39 is 0 Å². The quantitative estimate of drug-likeness (QED) is 0.732. The zero-order chi connectivity index (χ0) is 13.7. The number of hydrogen-bond donors (Lipinski definition) is 1. The number of halogens is 1. The zero-order valence-electron chi connectivity index (χ0n) is 11.1. The van der Waals surface area contributed by atoms with Gasteiger partial charge in [0.25, 0.3) is 0 Å². The lowest BCUT2D eigenvalue weighted by molar-refractivity contribution is 0.636. The van der Waals surface area contributed by atoms with Gasteiger partial charge in [-0.2, -0.15) is 0 Å². The molecule has 100 valence electrons. The van der Waals surface area contributed by atoms with Crippen LogP contribution in [0.25, 0.3) is 11.0 Å². The fraction of sp³-hybridized carbons (Fsp3) is 0.188. The first-order valence-electron chi connectivity index (χ1n) is 6.69. The summed E-state index contributed by atoms with van der Waals surface area (Å²) in [5, 5.41) is 3.47. The van der Waals surface area contributed by atoms with Crippen molar-refractivity contribution in [2.75, 3.05) is 5.32 Å². The molecular formula is C16H14FN3. The van der Waals surface area contributed by atoms with Crippen LogP contribution in [0.4, 0.5) is 10.1 Å². The molecule has 3 nitrogen and oxygen atoms in total. The molecule has 1 atom stereocenters. The summed E-state index contributed by atoms with van der Waals surface area (Å²) >= 11 is 0. The molecule has 3 aromatic rings. The van der Waals surface area contributed by atoms with Crippen molar-refractivity contribution in [3.05, 3.63) is 59.7 Å². The minimum Gasteiger partial charge on any atom is -0.375 e. The van der Waals surface area contributed by atoms with Crippen molar-refractivity contribution in [3.8, 4) is 0 Å². The van der Waals surface area contributed by atoms with Crippen LogP contribution in [0.1, 0.15) is 17.4 Å². The Bertz CT molecular complexity index is 782. The fourth-order valence-electron chi connectivity index (χ4n) is 2.96. The number of nitrogens with zero attached hydrogens (tertiary/aromatic N) is 2. The molecule has 0 saturated heterocycles. The minimum absolute atomic E-state index is 0.101. The van der Waals surface area contributed by atoms with Crippen LogP contribution in [0.5, 0.6) is 0 Å². The number of imidazole rings is 1. The summed E-state index contributed by atoms with van der Waals surface area (Å²) in [6, 6.07) is 13.4. The van der Waals surface area contributed by atoms with Crippen LogP contribution in [-0.4, -0.2) is 9.55 Å². The number of rotatable bonds is 1. The van der Waals surface area contributed by atoms with Crippen molar-refractivity contribution in [2.45, 2.75) is 12.5 Å². The van der Waals surface area contributed by atoms with Gasteiger partial charge in [-0.3, -0.25) is 0 Å². The molecule has 1 aliphatic rings.